The Labute approximate surface area is 108 Å². The number of hydrogen-bond donors (Lipinski definition) is 1. The lowest BCUT2D eigenvalue weighted by atomic mass is 10.2. The molecule has 102 valence electrons. The molecule has 4 nitrogen and oxygen atoms in total. The Balaban J connectivity index is 2.25. The van der Waals surface area contributed by atoms with E-state index in [-0.39, 0.29) is 17.3 Å². The molecule has 8 heteroatoms. The highest BCUT2D eigenvalue weighted by atomic mass is 35.5. The maximum absolute atomic E-state index is 12.8. The van der Waals surface area contributed by atoms with Crippen LogP contribution in [-0.4, -0.2) is 40.9 Å². The number of halogens is 4. The van der Waals surface area contributed by atoms with Gasteiger partial charge in [-0.3, -0.25) is 9.58 Å². The average molecular weight is 283 g/mol. The Bertz CT molecular complexity index is 423. The zero-order chi connectivity index (χ0) is 13.3. The summed E-state index contributed by atoms with van der Waals surface area (Å²) in [7, 11) is 1.42. The van der Waals surface area contributed by atoms with Gasteiger partial charge in [-0.2, -0.15) is 18.3 Å². The maximum atomic E-state index is 12.8. The second-order valence-electron chi connectivity index (χ2n) is 4.27. The fraction of sp³-hybridized carbons (Fsp3) is 0.700. The minimum absolute atomic E-state index is 0.0563. The Morgan fingerprint density at radius 3 is 2.50 bits per heavy atom. The van der Waals surface area contributed by atoms with Crippen LogP contribution in [0.3, 0.4) is 0 Å². The molecule has 1 aromatic rings. The van der Waals surface area contributed by atoms with Crippen molar-refractivity contribution in [3.8, 4) is 0 Å². The normalized spacial score (nSPS) is 18.3. The molecule has 0 amide bonds. The molecular weight excluding hydrogens is 269 g/mol. The van der Waals surface area contributed by atoms with Crippen LogP contribution < -0.4 is 5.32 Å². The number of aromatic nitrogens is 2. The topological polar surface area (TPSA) is 33.1 Å². The Morgan fingerprint density at radius 1 is 1.33 bits per heavy atom. The summed E-state index contributed by atoms with van der Waals surface area (Å²) in [6, 6.07) is 0. The first-order valence-corrected chi connectivity index (χ1v) is 5.99. The zero-order valence-corrected chi connectivity index (χ0v) is 10.6. The van der Waals surface area contributed by atoms with Crippen LogP contribution in [0.5, 0.6) is 0 Å². The fourth-order valence-electron chi connectivity index (χ4n) is 2.01. The molecule has 1 aromatic heterocycles. The van der Waals surface area contributed by atoms with Crippen molar-refractivity contribution in [3.05, 3.63) is 16.4 Å². The van der Waals surface area contributed by atoms with Crippen LogP contribution in [0.1, 0.15) is 11.3 Å². The van der Waals surface area contributed by atoms with Gasteiger partial charge < -0.3 is 5.32 Å². The molecule has 0 atom stereocenters. The van der Waals surface area contributed by atoms with Gasteiger partial charge in [-0.25, -0.2) is 0 Å². The van der Waals surface area contributed by atoms with E-state index in [4.69, 9.17) is 11.6 Å². The summed E-state index contributed by atoms with van der Waals surface area (Å²) in [6.07, 6.45) is -4.46. The molecule has 2 rings (SSSR count). The molecule has 0 radical (unpaired) electrons. The number of rotatable bonds is 2. The first kappa shape index (κ1) is 13.6. The van der Waals surface area contributed by atoms with Crippen molar-refractivity contribution in [3.63, 3.8) is 0 Å². The molecule has 0 unspecified atom stereocenters. The number of hydrogen-bond acceptors (Lipinski definition) is 3. The summed E-state index contributed by atoms with van der Waals surface area (Å²) >= 11 is 5.90. The molecule has 1 fully saturated rings. The summed E-state index contributed by atoms with van der Waals surface area (Å²) in [5, 5.41) is 6.67. The van der Waals surface area contributed by atoms with E-state index < -0.39 is 11.9 Å². The van der Waals surface area contributed by atoms with Crippen molar-refractivity contribution >= 4 is 11.6 Å². The van der Waals surface area contributed by atoms with Crippen molar-refractivity contribution in [1.29, 1.82) is 0 Å². The average Bonchev–Trinajstić information content (AvgIpc) is 2.58. The van der Waals surface area contributed by atoms with Crippen molar-refractivity contribution in [2.45, 2.75) is 12.7 Å². The van der Waals surface area contributed by atoms with Crippen LogP contribution in [0.15, 0.2) is 0 Å². The summed E-state index contributed by atoms with van der Waals surface area (Å²) < 4.78 is 39.6. The third-order valence-corrected chi connectivity index (χ3v) is 3.40. The third-order valence-electron chi connectivity index (χ3n) is 2.93. The highest BCUT2D eigenvalue weighted by Gasteiger charge is 2.39. The number of nitrogens with one attached hydrogen (secondary N) is 1. The van der Waals surface area contributed by atoms with Gasteiger partial charge in [0.05, 0.1) is 0 Å². The lowest BCUT2D eigenvalue weighted by Gasteiger charge is -2.27. The first-order valence-electron chi connectivity index (χ1n) is 5.61. The number of alkyl halides is 3. The lowest BCUT2D eigenvalue weighted by Crippen LogP contribution is -2.43. The van der Waals surface area contributed by atoms with Gasteiger partial charge in [0.1, 0.15) is 5.15 Å². The number of piperazine rings is 1. The lowest BCUT2D eigenvalue weighted by molar-refractivity contribution is -0.142. The molecule has 1 aliphatic rings. The summed E-state index contributed by atoms with van der Waals surface area (Å²) in [6.45, 7) is 3.16. The molecule has 1 aliphatic heterocycles. The predicted octanol–water partition coefficient (Wildman–Crippen LogP) is 1.50. The zero-order valence-electron chi connectivity index (χ0n) is 9.89. The van der Waals surface area contributed by atoms with Gasteiger partial charge in [0.2, 0.25) is 0 Å². The van der Waals surface area contributed by atoms with Crippen molar-refractivity contribution in [1.82, 2.24) is 20.0 Å². The monoisotopic (exact) mass is 282 g/mol. The largest absolute Gasteiger partial charge is 0.435 e. The highest BCUT2D eigenvalue weighted by Crippen LogP contribution is 2.34. The van der Waals surface area contributed by atoms with E-state index in [1.807, 2.05) is 4.90 Å². The second-order valence-corrected chi connectivity index (χ2v) is 4.62. The fourth-order valence-corrected chi connectivity index (χ4v) is 2.20. The van der Waals surface area contributed by atoms with E-state index in [1.54, 1.807) is 0 Å². The predicted molar refractivity (Wildman–Crippen MR) is 61.4 cm³/mol. The summed E-state index contributed by atoms with van der Waals surface area (Å²) in [5.74, 6) is 0. The molecule has 0 aromatic carbocycles. The first-order chi connectivity index (χ1) is 8.39. The molecule has 0 saturated carbocycles. The number of aryl methyl sites for hydroxylation is 1. The van der Waals surface area contributed by atoms with E-state index in [1.165, 1.54) is 7.05 Å². The Morgan fingerprint density at radius 2 is 1.94 bits per heavy atom. The van der Waals surface area contributed by atoms with Crippen LogP contribution in [0.4, 0.5) is 13.2 Å². The van der Waals surface area contributed by atoms with Gasteiger partial charge in [0.15, 0.2) is 5.69 Å². The molecule has 1 saturated heterocycles. The standard InChI is InChI=1S/C10H14ClF3N4/c1-17-9(11)7(8(16-17)10(12,13)14)6-18-4-2-15-3-5-18/h15H,2-6H2,1H3. The second kappa shape index (κ2) is 5.07. The van der Waals surface area contributed by atoms with Gasteiger partial charge in [0, 0.05) is 45.3 Å². The SMILES string of the molecule is Cn1nc(C(F)(F)F)c(CN2CCNCC2)c1Cl. The van der Waals surface area contributed by atoms with Gasteiger partial charge in [0.25, 0.3) is 0 Å². The van der Waals surface area contributed by atoms with Crippen LogP contribution >= 0.6 is 11.6 Å². The van der Waals surface area contributed by atoms with Crippen molar-refractivity contribution < 1.29 is 13.2 Å². The molecule has 18 heavy (non-hydrogen) atoms. The van der Waals surface area contributed by atoms with Crippen LogP contribution in [-0.2, 0) is 19.8 Å². The summed E-state index contributed by atoms with van der Waals surface area (Å²) in [5.41, 5.74) is -0.818. The van der Waals surface area contributed by atoms with E-state index in [0.29, 0.717) is 13.1 Å². The van der Waals surface area contributed by atoms with Gasteiger partial charge in [-0.1, -0.05) is 11.6 Å². The number of nitrogens with zero attached hydrogens (tertiary/aromatic N) is 3. The van der Waals surface area contributed by atoms with Crippen molar-refractivity contribution in [2.75, 3.05) is 26.2 Å². The van der Waals surface area contributed by atoms with Crippen molar-refractivity contribution in [2.24, 2.45) is 7.05 Å². The highest BCUT2D eigenvalue weighted by molar-refractivity contribution is 6.30. The third kappa shape index (κ3) is 2.78. The van der Waals surface area contributed by atoms with E-state index in [9.17, 15) is 13.2 Å². The van der Waals surface area contributed by atoms with E-state index in [0.717, 1.165) is 17.8 Å². The summed E-state index contributed by atoms with van der Waals surface area (Å²) in [4.78, 5) is 1.94. The minimum atomic E-state index is -4.46. The van der Waals surface area contributed by atoms with Crippen LogP contribution in [0.25, 0.3) is 0 Å². The van der Waals surface area contributed by atoms with Gasteiger partial charge in [-0.05, 0) is 0 Å². The molecule has 0 spiro atoms. The smallest absolute Gasteiger partial charge is 0.314 e. The quantitative estimate of drug-likeness (QED) is 0.892. The molecule has 0 bridgehead atoms. The van der Waals surface area contributed by atoms with Gasteiger partial charge >= 0.3 is 6.18 Å². The maximum Gasteiger partial charge on any atom is 0.435 e. The Kier molecular flexibility index (Phi) is 3.84. The molecule has 0 aliphatic carbocycles. The molecule has 1 N–H and O–H groups in total. The van der Waals surface area contributed by atoms with Crippen LogP contribution in [0.2, 0.25) is 5.15 Å². The molecular formula is C10H14ClF3N4. The Hall–Kier alpha value is -0.790. The minimum Gasteiger partial charge on any atom is -0.314 e. The molecule has 2 heterocycles. The van der Waals surface area contributed by atoms with Crippen LogP contribution in [0, 0.1) is 0 Å². The van der Waals surface area contributed by atoms with Gasteiger partial charge in [-0.15, -0.1) is 0 Å². The van der Waals surface area contributed by atoms with E-state index in [2.05, 4.69) is 10.4 Å². The van der Waals surface area contributed by atoms with E-state index >= 15 is 0 Å².